The summed E-state index contributed by atoms with van der Waals surface area (Å²) in [7, 11) is -4.02. The number of halogens is 4. The van der Waals surface area contributed by atoms with E-state index in [1.165, 1.54) is 59.4 Å². The third kappa shape index (κ3) is 6.75. The average molecular weight is 687 g/mol. The van der Waals surface area contributed by atoms with Crippen LogP contribution in [-0.4, -0.2) is 53.4 Å². The minimum Gasteiger partial charge on any atom is -0.377 e. The highest BCUT2D eigenvalue weighted by atomic mass is 32.2. The van der Waals surface area contributed by atoms with Crippen LogP contribution in [0, 0.1) is 17.1 Å². The molecule has 4 aromatic rings. The van der Waals surface area contributed by atoms with Crippen molar-refractivity contribution in [3.63, 3.8) is 0 Å². The lowest BCUT2D eigenvalue weighted by Gasteiger charge is -2.22. The predicted octanol–water partition coefficient (Wildman–Crippen LogP) is 6.22. The highest BCUT2D eigenvalue weighted by Gasteiger charge is 2.46. The first-order chi connectivity index (χ1) is 22.2. The number of thioether (sulfide) groups is 1. The number of ether oxygens (including phenoxy) is 1. The van der Waals surface area contributed by atoms with Gasteiger partial charge in [-0.2, -0.15) is 23.4 Å². The summed E-state index contributed by atoms with van der Waals surface area (Å²) in [5, 5.41) is 11.8. The Morgan fingerprint density at radius 1 is 1.15 bits per heavy atom. The Kier molecular flexibility index (Phi) is 9.20. The number of carbonyl (C=O) groups is 2. The van der Waals surface area contributed by atoms with Crippen molar-refractivity contribution in [2.45, 2.75) is 23.4 Å². The number of amidine groups is 1. The van der Waals surface area contributed by atoms with Gasteiger partial charge in [-0.15, -0.1) is 0 Å². The lowest BCUT2D eigenvalue weighted by Crippen LogP contribution is -2.31. The van der Waals surface area contributed by atoms with Gasteiger partial charge in [-0.1, -0.05) is 23.9 Å². The Morgan fingerprint density at radius 2 is 1.87 bits per heavy atom. The second-order valence-electron chi connectivity index (χ2n) is 9.91. The number of benzene rings is 3. The molecule has 1 saturated heterocycles. The molecule has 0 spiro atoms. The third-order valence-corrected chi connectivity index (χ3v) is 9.42. The van der Waals surface area contributed by atoms with Crippen molar-refractivity contribution in [2.75, 3.05) is 23.1 Å². The lowest BCUT2D eigenvalue weighted by molar-refractivity contribution is -0.115. The van der Waals surface area contributed by atoms with Gasteiger partial charge in [-0.05, 0) is 55.5 Å². The molecule has 0 saturated carbocycles. The van der Waals surface area contributed by atoms with Crippen LogP contribution in [0.5, 0.6) is 0 Å². The molecule has 1 aliphatic heterocycles. The summed E-state index contributed by atoms with van der Waals surface area (Å²) >= 11 is 0.999. The fourth-order valence-electron chi connectivity index (χ4n) is 4.51. The van der Waals surface area contributed by atoms with Crippen molar-refractivity contribution in [1.29, 1.82) is 5.26 Å². The van der Waals surface area contributed by atoms with Crippen molar-refractivity contribution in [3.05, 3.63) is 90.1 Å². The Labute approximate surface area is 269 Å². The Morgan fingerprint density at radius 3 is 2.51 bits per heavy atom. The van der Waals surface area contributed by atoms with Gasteiger partial charge in [-0.3, -0.25) is 9.69 Å². The van der Waals surface area contributed by atoms with Gasteiger partial charge in [0.15, 0.2) is 5.17 Å². The fourth-order valence-corrected chi connectivity index (χ4v) is 6.13. The molecule has 3 aromatic carbocycles. The van der Waals surface area contributed by atoms with Gasteiger partial charge in [0.1, 0.15) is 5.82 Å². The summed E-state index contributed by atoms with van der Waals surface area (Å²) in [6, 6.07) is 13.6. The summed E-state index contributed by atoms with van der Waals surface area (Å²) in [6.45, 7) is 1.76. The number of methoxy groups -OCH3 is 1. The summed E-state index contributed by atoms with van der Waals surface area (Å²) in [5.74, 6) is -1.23. The molecule has 3 amide bonds. The van der Waals surface area contributed by atoms with E-state index in [0.717, 1.165) is 30.0 Å². The number of imidazole rings is 1. The molecule has 17 heteroatoms. The van der Waals surface area contributed by atoms with E-state index in [-0.39, 0.29) is 33.8 Å². The lowest BCUT2D eigenvalue weighted by atomic mass is 10.0. The topological polar surface area (TPSA) is 147 Å². The molecule has 1 aliphatic rings. The molecule has 5 rings (SSSR count). The number of hydrogen-bond donors (Lipinski definition) is 1. The molecule has 1 aromatic heterocycles. The van der Waals surface area contributed by atoms with Gasteiger partial charge in [0.25, 0.3) is 9.84 Å². The number of rotatable bonds is 7. The summed E-state index contributed by atoms with van der Waals surface area (Å²) < 4.78 is 83.6. The number of aromatic nitrogens is 2. The van der Waals surface area contributed by atoms with Gasteiger partial charge in [0.05, 0.1) is 51.8 Å². The molecular weight excluding hydrogens is 664 g/mol. The Bertz CT molecular complexity index is 2060. The predicted molar refractivity (Wildman–Crippen MR) is 165 cm³/mol. The molecule has 1 unspecified atom stereocenters. The largest absolute Gasteiger partial charge is 0.501 e. The van der Waals surface area contributed by atoms with Crippen LogP contribution in [0.4, 0.5) is 33.7 Å². The van der Waals surface area contributed by atoms with Crippen LogP contribution >= 0.6 is 11.8 Å². The number of urea groups is 1. The zero-order valence-electron chi connectivity index (χ0n) is 24.3. The number of carbonyl (C=O) groups excluding carboxylic acids is 2. The molecular formula is C30H22F4N6O5S2. The van der Waals surface area contributed by atoms with Gasteiger partial charge >= 0.3 is 11.5 Å². The highest BCUT2D eigenvalue weighted by molar-refractivity contribution is 8.15. The Balaban J connectivity index is 1.33. The monoisotopic (exact) mass is 686 g/mol. The molecule has 11 nitrogen and oxygen atoms in total. The van der Waals surface area contributed by atoms with E-state index in [9.17, 15) is 36.4 Å². The molecule has 0 radical (unpaired) electrons. The molecule has 1 N–H and O–H groups in total. The van der Waals surface area contributed by atoms with Gasteiger partial charge in [0.2, 0.25) is 5.91 Å². The van der Waals surface area contributed by atoms with Crippen LogP contribution in [0.25, 0.3) is 16.9 Å². The first-order valence-electron chi connectivity index (χ1n) is 13.4. The van der Waals surface area contributed by atoms with Crippen LogP contribution < -0.4 is 10.2 Å². The average Bonchev–Trinajstić information content (AvgIpc) is 3.68. The fraction of sp³-hybridized carbons (Fsp3) is 0.167. The zero-order chi connectivity index (χ0) is 34.1. The van der Waals surface area contributed by atoms with Gasteiger partial charge in [0, 0.05) is 30.1 Å². The first-order valence-corrected chi connectivity index (χ1v) is 15.9. The summed E-state index contributed by atoms with van der Waals surface area (Å²) in [4.78, 5) is 34.1. The van der Waals surface area contributed by atoms with Crippen molar-refractivity contribution >= 4 is 50.1 Å². The number of hydrogen-bond acceptors (Lipinski definition) is 8. The SMILES string of the molecule is COC(C)c1ccc(C#N)cc1N1C(=O)CSC1=NC(=O)Nc1ccc(-c2cn(-c3ccc(S(=O)(=O)C(F)(F)F)cc3)cn2)cc1F. The van der Waals surface area contributed by atoms with Gasteiger partial charge in [-0.25, -0.2) is 22.6 Å². The normalized spacial score (nSPS) is 15.1. The smallest absolute Gasteiger partial charge is 0.377 e. The van der Waals surface area contributed by atoms with Crippen LogP contribution in [0.1, 0.15) is 24.2 Å². The van der Waals surface area contributed by atoms with Crippen LogP contribution in [0.3, 0.4) is 0 Å². The number of anilines is 2. The number of aliphatic imine (C=N–C) groups is 1. The van der Waals surface area contributed by atoms with Gasteiger partial charge < -0.3 is 14.6 Å². The summed E-state index contributed by atoms with van der Waals surface area (Å²) in [5.41, 5.74) is -3.59. The molecule has 1 fully saturated rings. The number of nitriles is 1. The molecule has 1 atom stereocenters. The number of nitrogens with one attached hydrogen (secondary N) is 1. The standard InChI is InChI=1S/C30H22F4N6O5S2/c1-17(45-2)22-9-3-18(13-35)11-26(22)40-27(41)15-46-29(40)38-28(42)37-24-10-4-19(12-23(24)31)25-14-39(16-36-25)20-5-7-21(8-6-20)47(43,44)30(32,33)34/h3-12,14,16-17H,15H2,1-2H3,(H,37,42). The van der Waals surface area contributed by atoms with E-state index >= 15 is 4.39 Å². The maximum Gasteiger partial charge on any atom is 0.501 e. The van der Waals surface area contributed by atoms with E-state index in [0.29, 0.717) is 22.5 Å². The molecule has 2 heterocycles. The Hall–Kier alpha value is -5.05. The maximum absolute atomic E-state index is 15.1. The quantitative estimate of drug-likeness (QED) is 0.226. The van der Waals surface area contributed by atoms with Crippen LogP contribution in [-0.2, 0) is 19.4 Å². The van der Waals surface area contributed by atoms with E-state index in [1.807, 2.05) is 6.07 Å². The van der Waals surface area contributed by atoms with E-state index in [4.69, 9.17) is 4.74 Å². The number of nitrogens with zero attached hydrogens (tertiary/aromatic N) is 5. The number of alkyl halides is 3. The number of amides is 3. The van der Waals surface area contributed by atoms with Crippen molar-refractivity contribution in [2.24, 2.45) is 4.99 Å². The van der Waals surface area contributed by atoms with Crippen molar-refractivity contribution < 1.29 is 40.3 Å². The van der Waals surface area contributed by atoms with E-state index < -0.39 is 38.2 Å². The second-order valence-corrected chi connectivity index (χ2v) is 12.8. The van der Waals surface area contributed by atoms with E-state index in [1.54, 1.807) is 19.1 Å². The van der Waals surface area contributed by atoms with Crippen molar-refractivity contribution in [1.82, 2.24) is 9.55 Å². The first kappa shape index (κ1) is 33.3. The third-order valence-electron chi connectivity index (χ3n) is 6.99. The number of sulfone groups is 1. The molecule has 242 valence electrons. The van der Waals surface area contributed by atoms with Crippen molar-refractivity contribution in [3.8, 4) is 23.0 Å². The maximum atomic E-state index is 15.1. The minimum absolute atomic E-state index is 0.0177. The van der Waals surface area contributed by atoms with Crippen LogP contribution in [0.15, 0.2) is 83.1 Å². The highest BCUT2D eigenvalue weighted by Crippen LogP contribution is 2.35. The molecule has 0 bridgehead atoms. The molecule has 0 aliphatic carbocycles. The van der Waals surface area contributed by atoms with Crippen LogP contribution in [0.2, 0.25) is 0 Å². The zero-order valence-corrected chi connectivity index (χ0v) is 26.0. The second kappa shape index (κ2) is 13.0. The molecule has 47 heavy (non-hydrogen) atoms. The summed E-state index contributed by atoms with van der Waals surface area (Å²) in [6.07, 6.45) is 2.31. The van der Waals surface area contributed by atoms with E-state index in [2.05, 4.69) is 15.3 Å². The minimum atomic E-state index is -5.50.